The first kappa shape index (κ1) is 33.0. The number of primary amides is 1. The largest absolute Gasteiger partial charge is 0.480 e. The minimum atomic E-state index is -0.910. The van der Waals surface area contributed by atoms with Crippen LogP contribution < -0.4 is 26.0 Å². The number of carbonyl (C=O) groups excluding carboxylic acids is 2. The van der Waals surface area contributed by atoms with Gasteiger partial charge in [0, 0.05) is 56.0 Å². The van der Waals surface area contributed by atoms with Crippen molar-refractivity contribution in [3.05, 3.63) is 60.3 Å². The van der Waals surface area contributed by atoms with Gasteiger partial charge in [0.15, 0.2) is 0 Å². The number of nitrogens with zero attached hydrogens (tertiary/aromatic N) is 8. The minimum Gasteiger partial charge on any atom is -0.480 e. The van der Waals surface area contributed by atoms with Crippen LogP contribution in [-0.2, 0) is 16.0 Å². The Morgan fingerprint density at radius 1 is 1.00 bits per heavy atom. The van der Waals surface area contributed by atoms with Crippen molar-refractivity contribution in [1.29, 1.82) is 0 Å². The van der Waals surface area contributed by atoms with Gasteiger partial charge in [-0.15, -0.1) is 10.2 Å². The van der Waals surface area contributed by atoms with Gasteiger partial charge in [0.25, 0.3) is 0 Å². The van der Waals surface area contributed by atoms with E-state index in [2.05, 4.69) is 42.5 Å². The van der Waals surface area contributed by atoms with E-state index in [0.29, 0.717) is 35.8 Å². The number of anilines is 2. The predicted molar refractivity (Wildman–Crippen MR) is 182 cm³/mol. The van der Waals surface area contributed by atoms with E-state index < -0.39 is 11.9 Å². The Morgan fingerprint density at radius 2 is 1.69 bits per heavy atom. The number of tetrazole rings is 1. The highest BCUT2D eigenvalue weighted by atomic mass is 16.5. The highest BCUT2D eigenvalue weighted by Gasteiger charge is 2.36. The van der Waals surface area contributed by atoms with E-state index in [1.165, 1.54) is 0 Å². The van der Waals surface area contributed by atoms with Gasteiger partial charge in [-0.2, -0.15) is 10.2 Å². The standard InChI is InChI=1S/C34H43N11O3/c1-43-15-17-44(18-16-43)34-37-21-28(32(38-34)48-2)24-7-3-22(4-8-24)19-29(30(36)46)45(33(47)26-9-5-23(20-35)6-10-26)27-13-11-25(12-14-27)31-39-41-42-40-31/h3-4,7-8,11-14,21,23,26,29H,5-6,9-10,15-20,35H2,1-2H3,(H2,36,46)(H,39,40,41,42)/t23?,26?,29-/m0/s1. The molecule has 0 unspecified atom stereocenters. The quantitative estimate of drug-likeness (QED) is 0.216. The van der Waals surface area contributed by atoms with E-state index in [0.717, 1.165) is 74.1 Å². The van der Waals surface area contributed by atoms with Gasteiger partial charge in [-0.05, 0) is 85.8 Å². The summed E-state index contributed by atoms with van der Waals surface area (Å²) in [5.41, 5.74) is 15.8. The van der Waals surface area contributed by atoms with Gasteiger partial charge in [0.05, 0.1) is 12.7 Å². The van der Waals surface area contributed by atoms with E-state index >= 15 is 0 Å². The molecular weight excluding hydrogens is 610 g/mol. The first-order chi connectivity index (χ1) is 23.3. The molecule has 5 N–H and O–H groups in total. The first-order valence-electron chi connectivity index (χ1n) is 16.4. The molecule has 1 atom stereocenters. The van der Waals surface area contributed by atoms with Crippen molar-refractivity contribution in [3.8, 4) is 28.4 Å². The van der Waals surface area contributed by atoms with E-state index in [4.69, 9.17) is 21.2 Å². The van der Waals surface area contributed by atoms with Crippen LogP contribution in [0.5, 0.6) is 5.88 Å². The number of rotatable bonds is 11. The van der Waals surface area contributed by atoms with Crippen LogP contribution >= 0.6 is 0 Å². The van der Waals surface area contributed by atoms with Gasteiger partial charge in [-0.25, -0.2) is 4.98 Å². The second kappa shape index (κ2) is 14.9. The lowest BCUT2D eigenvalue weighted by Gasteiger charge is -2.35. The van der Waals surface area contributed by atoms with Crippen LogP contribution in [-0.4, -0.2) is 100 Å². The van der Waals surface area contributed by atoms with Gasteiger partial charge in [0.1, 0.15) is 6.04 Å². The van der Waals surface area contributed by atoms with Crippen molar-refractivity contribution in [2.75, 3.05) is 56.7 Å². The van der Waals surface area contributed by atoms with Crippen molar-refractivity contribution in [2.45, 2.75) is 38.1 Å². The molecular formula is C34H43N11O3. The molecule has 48 heavy (non-hydrogen) atoms. The third-order valence-corrected chi connectivity index (χ3v) is 9.57. The number of hydrogen-bond acceptors (Lipinski definition) is 11. The lowest BCUT2D eigenvalue weighted by atomic mass is 9.81. The van der Waals surface area contributed by atoms with Gasteiger partial charge < -0.3 is 26.0 Å². The third-order valence-electron chi connectivity index (χ3n) is 9.57. The molecule has 0 radical (unpaired) electrons. The fourth-order valence-electron chi connectivity index (χ4n) is 6.59. The fourth-order valence-corrected chi connectivity index (χ4v) is 6.59. The van der Waals surface area contributed by atoms with Crippen molar-refractivity contribution in [3.63, 3.8) is 0 Å². The predicted octanol–water partition coefficient (Wildman–Crippen LogP) is 2.28. The lowest BCUT2D eigenvalue weighted by molar-refractivity contribution is -0.127. The summed E-state index contributed by atoms with van der Waals surface area (Å²) in [6.07, 6.45) is 5.22. The monoisotopic (exact) mass is 653 g/mol. The highest BCUT2D eigenvalue weighted by Crippen LogP contribution is 2.34. The number of hydrogen-bond donors (Lipinski definition) is 3. The molecule has 14 nitrogen and oxygen atoms in total. The normalized spacial score (nSPS) is 19.1. The van der Waals surface area contributed by atoms with Crippen molar-refractivity contribution < 1.29 is 14.3 Å². The lowest BCUT2D eigenvalue weighted by Crippen LogP contribution is -2.52. The number of aromatic amines is 1. The Balaban J connectivity index is 1.25. The van der Waals surface area contributed by atoms with Crippen molar-refractivity contribution in [1.82, 2.24) is 35.5 Å². The smallest absolute Gasteiger partial charge is 0.240 e. The number of aromatic nitrogens is 6. The van der Waals surface area contributed by atoms with Crippen LogP contribution in [0.3, 0.4) is 0 Å². The van der Waals surface area contributed by atoms with Gasteiger partial charge >= 0.3 is 0 Å². The third kappa shape index (κ3) is 7.29. The summed E-state index contributed by atoms with van der Waals surface area (Å²) in [5.74, 6) is 1.06. The number of ether oxygens (including phenoxy) is 1. The van der Waals surface area contributed by atoms with Crippen LogP contribution in [0.15, 0.2) is 54.7 Å². The SMILES string of the molecule is COc1nc(N2CCN(C)CC2)ncc1-c1ccc(C[C@@H](C(N)=O)N(C(=O)C2CCC(CN)CC2)c2ccc(-c3nn[nH]n3)cc2)cc1. The molecule has 1 saturated carbocycles. The van der Waals surface area contributed by atoms with Crippen LogP contribution in [0.2, 0.25) is 0 Å². The second-order valence-corrected chi connectivity index (χ2v) is 12.6. The molecule has 0 spiro atoms. The zero-order valence-corrected chi connectivity index (χ0v) is 27.5. The number of carbonyl (C=O) groups is 2. The molecule has 6 rings (SSSR count). The zero-order chi connectivity index (χ0) is 33.6. The summed E-state index contributed by atoms with van der Waals surface area (Å²) in [5, 5.41) is 14.2. The Labute approximate surface area is 279 Å². The summed E-state index contributed by atoms with van der Waals surface area (Å²) < 4.78 is 5.68. The molecule has 0 bridgehead atoms. The van der Waals surface area contributed by atoms with Gasteiger partial charge in [0.2, 0.25) is 29.5 Å². The van der Waals surface area contributed by atoms with Gasteiger partial charge in [-0.3, -0.25) is 14.5 Å². The summed E-state index contributed by atoms with van der Waals surface area (Å²) in [6, 6.07) is 14.1. The van der Waals surface area contributed by atoms with Gasteiger partial charge in [-0.1, -0.05) is 24.3 Å². The maximum atomic E-state index is 14.2. The van der Waals surface area contributed by atoms with Crippen molar-refractivity contribution >= 4 is 23.5 Å². The van der Waals surface area contributed by atoms with Crippen molar-refractivity contribution in [2.24, 2.45) is 23.3 Å². The minimum absolute atomic E-state index is 0.111. The molecule has 2 aliphatic rings. The first-order valence-corrected chi connectivity index (χ1v) is 16.4. The van der Waals surface area contributed by atoms with E-state index in [1.54, 1.807) is 30.3 Å². The average molecular weight is 654 g/mol. The Morgan fingerprint density at radius 3 is 2.29 bits per heavy atom. The fraction of sp³-hybridized carbons (Fsp3) is 0.441. The second-order valence-electron chi connectivity index (χ2n) is 12.6. The Hall–Kier alpha value is -4.95. The molecule has 4 aromatic rings. The zero-order valence-electron chi connectivity index (χ0n) is 27.5. The van der Waals surface area contributed by atoms with Crippen LogP contribution in [0.25, 0.3) is 22.5 Å². The van der Waals surface area contributed by atoms with E-state index in [-0.39, 0.29) is 18.2 Å². The number of nitrogens with two attached hydrogens (primary N) is 2. The molecule has 2 aromatic heterocycles. The number of likely N-dealkylation sites (N-methyl/N-ethyl adjacent to an activating group) is 1. The topological polar surface area (TPSA) is 185 Å². The Kier molecular flexibility index (Phi) is 10.2. The Bertz CT molecular complexity index is 1670. The number of piperazine rings is 1. The average Bonchev–Trinajstić information content (AvgIpc) is 3.67. The summed E-state index contributed by atoms with van der Waals surface area (Å²) in [6.45, 7) is 4.22. The molecule has 2 fully saturated rings. The number of nitrogens with one attached hydrogen (secondary N) is 1. The molecule has 2 aromatic carbocycles. The highest BCUT2D eigenvalue weighted by molar-refractivity contribution is 6.01. The van der Waals surface area contributed by atoms with Crippen LogP contribution in [0, 0.1) is 11.8 Å². The molecule has 252 valence electrons. The van der Waals surface area contributed by atoms with Crippen LogP contribution in [0.4, 0.5) is 11.6 Å². The number of amides is 2. The molecule has 1 saturated heterocycles. The van der Waals surface area contributed by atoms with E-state index in [9.17, 15) is 9.59 Å². The molecule has 1 aliphatic heterocycles. The number of methoxy groups -OCH3 is 1. The molecule has 14 heteroatoms. The summed E-state index contributed by atoms with van der Waals surface area (Å²) in [4.78, 5) is 42.8. The maximum absolute atomic E-state index is 14.2. The molecule has 1 aliphatic carbocycles. The maximum Gasteiger partial charge on any atom is 0.240 e. The number of H-pyrrole nitrogens is 1. The molecule has 2 amide bonds. The van der Waals surface area contributed by atoms with Crippen LogP contribution in [0.1, 0.15) is 31.2 Å². The molecule has 3 heterocycles. The number of benzene rings is 2. The van der Waals surface area contributed by atoms with E-state index in [1.807, 2.05) is 36.4 Å². The summed E-state index contributed by atoms with van der Waals surface area (Å²) >= 11 is 0. The summed E-state index contributed by atoms with van der Waals surface area (Å²) in [7, 11) is 3.71.